The monoisotopic (exact) mass is 272 g/mol. The molecule has 0 aromatic carbocycles. The van der Waals surface area contributed by atoms with Crippen LogP contribution in [0, 0.1) is 6.92 Å². The number of hydrogen-bond acceptors (Lipinski definition) is 3. The van der Waals surface area contributed by atoms with Crippen molar-refractivity contribution >= 4 is 27.5 Å². The van der Waals surface area contributed by atoms with Gasteiger partial charge in [0.25, 0.3) is 0 Å². The summed E-state index contributed by atoms with van der Waals surface area (Å²) in [7, 11) is 0. The van der Waals surface area contributed by atoms with Crippen molar-refractivity contribution < 1.29 is 0 Å². The Kier molecular flexibility index (Phi) is 2.52. The molecule has 0 aliphatic heterocycles. The largest absolute Gasteiger partial charge is 0.229 e. The van der Waals surface area contributed by atoms with Crippen LogP contribution in [0.2, 0.25) is 5.02 Å². The molecule has 4 nitrogen and oxygen atoms in total. The van der Waals surface area contributed by atoms with Crippen LogP contribution in [0.5, 0.6) is 0 Å². The Morgan fingerprint density at radius 2 is 2.21 bits per heavy atom. The number of nitrogens with zero attached hydrogens (tertiary/aromatic N) is 4. The molecule has 0 N–H and O–H groups in total. The van der Waals surface area contributed by atoms with Crippen LogP contribution in [-0.4, -0.2) is 19.7 Å². The van der Waals surface area contributed by atoms with Crippen molar-refractivity contribution in [1.82, 2.24) is 19.7 Å². The summed E-state index contributed by atoms with van der Waals surface area (Å²) in [6.45, 7) is 1.84. The summed E-state index contributed by atoms with van der Waals surface area (Å²) in [6, 6.07) is 1.77. The van der Waals surface area contributed by atoms with E-state index in [1.165, 1.54) is 6.33 Å². The molecule has 72 valence electrons. The van der Waals surface area contributed by atoms with Gasteiger partial charge in [-0.05, 0) is 22.9 Å². The van der Waals surface area contributed by atoms with E-state index < -0.39 is 0 Å². The lowest BCUT2D eigenvalue weighted by atomic mass is 10.5. The van der Waals surface area contributed by atoms with Crippen LogP contribution >= 0.6 is 27.5 Å². The maximum Gasteiger partial charge on any atom is 0.157 e. The summed E-state index contributed by atoms with van der Waals surface area (Å²) in [4.78, 5) is 7.99. The Morgan fingerprint density at radius 1 is 1.43 bits per heavy atom. The second-order valence-electron chi connectivity index (χ2n) is 2.71. The van der Waals surface area contributed by atoms with E-state index in [1.54, 1.807) is 16.9 Å². The fraction of sp³-hybridized carbons (Fsp3) is 0.125. The first-order valence-electron chi connectivity index (χ1n) is 3.86. The highest BCUT2D eigenvalue weighted by atomic mass is 79.9. The van der Waals surface area contributed by atoms with Gasteiger partial charge in [0.05, 0.1) is 16.9 Å². The van der Waals surface area contributed by atoms with Gasteiger partial charge < -0.3 is 0 Å². The molecule has 14 heavy (non-hydrogen) atoms. The van der Waals surface area contributed by atoms with Crippen molar-refractivity contribution in [3.63, 3.8) is 0 Å². The molecule has 2 heterocycles. The Morgan fingerprint density at radius 3 is 2.79 bits per heavy atom. The fourth-order valence-electron chi connectivity index (χ4n) is 1.01. The van der Waals surface area contributed by atoms with E-state index in [9.17, 15) is 0 Å². The lowest BCUT2D eigenvalue weighted by Gasteiger charge is -1.98. The molecule has 0 saturated heterocycles. The molecular formula is C8H6BrClN4. The number of hydrogen-bond donors (Lipinski definition) is 0. The van der Waals surface area contributed by atoms with E-state index in [2.05, 4.69) is 31.0 Å². The molecule has 0 bridgehead atoms. The number of rotatable bonds is 1. The van der Waals surface area contributed by atoms with Gasteiger partial charge in [-0.15, -0.1) is 0 Å². The third-order valence-corrected chi connectivity index (χ3v) is 2.50. The van der Waals surface area contributed by atoms with Gasteiger partial charge in [0.1, 0.15) is 10.9 Å². The predicted octanol–water partition coefficient (Wildman–Crippen LogP) is 2.39. The molecule has 0 radical (unpaired) electrons. The SMILES string of the molecule is Cc1nn(-c2cc(Br)ncn2)cc1Cl. The average molecular weight is 274 g/mol. The zero-order chi connectivity index (χ0) is 10.1. The van der Waals surface area contributed by atoms with Gasteiger partial charge in [0.15, 0.2) is 5.82 Å². The summed E-state index contributed by atoms with van der Waals surface area (Å²) >= 11 is 9.14. The molecular weight excluding hydrogens is 267 g/mol. The van der Waals surface area contributed by atoms with Gasteiger partial charge in [-0.3, -0.25) is 0 Å². The number of aryl methyl sites for hydroxylation is 1. The first-order chi connectivity index (χ1) is 6.66. The summed E-state index contributed by atoms with van der Waals surface area (Å²) in [6.07, 6.45) is 3.18. The molecule has 2 aromatic rings. The number of aromatic nitrogens is 4. The molecule has 0 atom stereocenters. The van der Waals surface area contributed by atoms with Crippen LogP contribution in [0.15, 0.2) is 23.2 Å². The standard InChI is InChI=1S/C8H6BrClN4/c1-5-6(10)3-14(13-5)8-2-7(9)11-4-12-8/h2-4H,1H3. The predicted molar refractivity (Wildman–Crippen MR) is 56.6 cm³/mol. The van der Waals surface area contributed by atoms with Gasteiger partial charge in [-0.1, -0.05) is 11.6 Å². The van der Waals surface area contributed by atoms with E-state index in [0.29, 0.717) is 15.4 Å². The highest BCUT2D eigenvalue weighted by Crippen LogP contribution is 2.16. The Balaban J connectivity index is 2.49. The minimum atomic E-state index is 0.625. The molecule has 0 spiro atoms. The van der Waals surface area contributed by atoms with Gasteiger partial charge in [-0.25, -0.2) is 14.6 Å². The van der Waals surface area contributed by atoms with E-state index in [-0.39, 0.29) is 0 Å². The van der Waals surface area contributed by atoms with Crippen molar-refractivity contribution in [2.24, 2.45) is 0 Å². The first kappa shape index (κ1) is 9.61. The van der Waals surface area contributed by atoms with E-state index in [1.807, 2.05) is 6.92 Å². The normalized spacial score (nSPS) is 10.5. The summed E-state index contributed by atoms with van der Waals surface area (Å²) < 4.78 is 2.33. The molecule has 0 fully saturated rings. The molecule has 0 aliphatic carbocycles. The van der Waals surface area contributed by atoms with Gasteiger partial charge in [0.2, 0.25) is 0 Å². The van der Waals surface area contributed by atoms with E-state index in [4.69, 9.17) is 11.6 Å². The summed E-state index contributed by atoms with van der Waals surface area (Å²) in [5.74, 6) is 0.682. The molecule has 0 saturated carbocycles. The zero-order valence-electron chi connectivity index (χ0n) is 7.28. The quantitative estimate of drug-likeness (QED) is 0.749. The van der Waals surface area contributed by atoms with Gasteiger partial charge in [-0.2, -0.15) is 5.10 Å². The van der Waals surface area contributed by atoms with Crippen molar-refractivity contribution in [3.05, 3.63) is 33.9 Å². The van der Waals surface area contributed by atoms with Crippen molar-refractivity contribution in [2.45, 2.75) is 6.92 Å². The van der Waals surface area contributed by atoms with Crippen LogP contribution in [0.4, 0.5) is 0 Å². The molecule has 2 rings (SSSR count). The molecule has 2 aromatic heterocycles. The number of halogens is 2. The van der Waals surface area contributed by atoms with Gasteiger partial charge >= 0.3 is 0 Å². The van der Waals surface area contributed by atoms with Crippen LogP contribution in [-0.2, 0) is 0 Å². The lowest BCUT2D eigenvalue weighted by Crippen LogP contribution is -1.98. The molecule has 0 aliphatic rings. The average Bonchev–Trinajstić information content (AvgIpc) is 2.47. The third-order valence-electron chi connectivity index (χ3n) is 1.69. The maximum absolute atomic E-state index is 5.88. The second-order valence-corrected chi connectivity index (χ2v) is 3.93. The lowest BCUT2D eigenvalue weighted by molar-refractivity contribution is 0.823. The topological polar surface area (TPSA) is 43.6 Å². The van der Waals surface area contributed by atoms with Crippen molar-refractivity contribution in [2.75, 3.05) is 0 Å². The summed E-state index contributed by atoms with van der Waals surface area (Å²) in [5, 5.41) is 4.82. The summed E-state index contributed by atoms with van der Waals surface area (Å²) in [5.41, 5.74) is 0.779. The molecule has 0 unspecified atom stereocenters. The van der Waals surface area contributed by atoms with Crippen LogP contribution in [0.25, 0.3) is 5.82 Å². The maximum atomic E-state index is 5.88. The third kappa shape index (κ3) is 1.78. The highest BCUT2D eigenvalue weighted by Gasteiger charge is 2.04. The Labute approximate surface area is 94.1 Å². The van der Waals surface area contributed by atoms with Crippen LogP contribution in [0.1, 0.15) is 5.69 Å². The van der Waals surface area contributed by atoms with Gasteiger partial charge in [0, 0.05) is 6.07 Å². The zero-order valence-corrected chi connectivity index (χ0v) is 9.62. The highest BCUT2D eigenvalue weighted by molar-refractivity contribution is 9.10. The van der Waals surface area contributed by atoms with Crippen molar-refractivity contribution in [3.8, 4) is 5.82 Å². The minimum absolute atomic E-state index is 0.625. The smallest absolute Gasteiger partial charge is 0.157 e. The second kappa shape index (κ2) is 3.67. The minimum Gasteiger partial charge on any atom is -0.229 e. The Bertz CT molecular complexity index is 449. The Hall–Kier alpha value is -0.940. The fourth-order valence-corrected chi connectivity index (χ4v) is 1.43. The molecule has 6 heteroatoms. The van der Waals surface area contributed by atoms with Crippen molar-refractivity contribution in [1.29, 1.82) is 0 Å². The molecule has 0 amide bonds. The first-order valence-corrected chi connectivity index (χ1v) is 5.03. The van der Waals surface area contributed by atoms with Crippen LogP contribution in [0.3, 0.4) is 0 Å². The van der Waals surface area contributed by atoms with E-state index in [0.717, 1.165) is 5.69 Å². The van der Waals surface area contributed by atoms with E-state index >= 15 is 0 Å². The van der Waals surface area contributed by atoms with Crippen LogP contribution < -0.4 is 0 Å².